The first-order valence-corrected chi connectivity index (χ1v) is 16.6. The number of carboxylic acids is 1. The average Bonchev–Trinajstić information content (AvgIpc) is 3.59. The first-order chi connectivity index (χ1) is 21.8. The van der Waals surface area contributed by atoms with Crippen molar-refractivity contribution in [3.05, 3.63) is 63.1 Å². The summed E-state index contributed by atoms with van der Waals surface area (Å²) in [5.74, 6) is -0.344. The highest BCUT2D eigenvalue weighted by Crippen LogP contribution is 2.47. The Morgan fingerprint density at radius 3 is 2.87 bits per heavy atom. The normalized spacial score (nSPS) is 28.0. The number of nitrogens with zero attached hydrogens (tertiary/aromatic N) is 7. The second-order valence-corrected chi connectivity index (χ2v) is 14.0. The number of aryl methyl sites for hydroxylation is 2. The molecule has 1 aromatic carbocycles. The molecule has 0 saturated carbocycles. The van der Waals surface area contributed by atoms with Crippen LogP contribution < -0.4 is 9.64 Å². The number of ether oxygens (including phenoxy) is 1. The van der Waals surface area contributed by atoms with Crippen LogP contribution in [0.1, 0.15) is 77.1 Å². The molecule has 12 heteroatoms. The zero-order valence-electron chi connectivity index (χ0n) is 25.6. The number of hydrogen-bond acceptors (Lipinski definition) is 8. The number of anilines is 1. The Balaban J connectivity index is 1.20. The molecule has 2 saturated heterocycles. The maximum atomic E-state index is 14.6. The zero-order chi connectivity index (χ0) is 30.9. The molecule has 8 rings (SSSR count). The smallest absolute Gasteiger partial charge is 0.357 e. The van der Waals surface area contributed by atoms with E-state index in [4.69, 9.17) is 26.3 Å². The molecule has 5 aliphatic rings. The second-order valence-electron chi connectivity index (χ2n) is 13.6. The summed E-state index contributed by atoms with van der Waals surface area (Å²) in [6, 6.07) is 9.11. The van der Waals surface area contributed by atoms with E-state index in [0.717, 1.165) is 68.6 Å². The van der Waals surface area contributed by atoms with Crippen molar-refractivity contribution in [2.45, 2.75) is 88.3 Å². The van der Waals surface area contributed by atoms with Crippen molar-refractivity contribution in [3.8, 4) is 6.01 Å². The first kappa shape index (κ1) is 29.1. The van der Waals surface area contributed by atoms with Gasteiger partial charge in [0.15, 0.2) is 5.69 Å². The Labute approximate surface area is 267 Å². The number of fused-ring (bicyclic) bond motifs is 5. The van der Waals surface area contributed by atoms with Crippen molar-refractivity contribution in [1.29, 1.82) is 0 Å². The van der Waals surface area contributed by atoms with Gasteiger partial charge in [0.1, 0.15) is 18.6 Å². The van der Waals surface area contributed by atoms with Crippen LogP contribution >= 0.6 is 11.6 Å². The summed E-state index contributed by atoms with van der Waals surface area (Å²) in [4.78, 5) is 28.9. The molecule has 4 aliphatic heterocycles. The van der Waals surface area contributed by atoms with E-state index in [1.165, 1.54) is 11.1 Å². The SMILES string of the molecule is CN1Cc2c(nc(OC[C@@]34CCCN3CC(F)C4)nc2N2CCCn3nc(C(=O)O)c(Cl)c3C2)C[C@]12CCCc1ccccc12. The van der Waals surface area contributed by atoms with Crippen LogP contribution in [0.25, 0.3) is 0 Å². The fraction of sp³-hybridized carbons (Fsp3) is 0.576. The van der Waals surface area contributed by atoms with E-state index >= 15 is 0 Å². The van der Waals surface area contributed by atoms with Gasteiger partial charge < -0.3 is 14.7 Å². The summed E-state index contributed by atoms with van der Waals surface area (Å²) in [5, 5.41) is 14.1. The number of aromatic carboxylic acids is 1. The van der Waals surface area contributed by atoms with Crippen molar-refractivity contribution < 1.29 is 19.0 Å². The Hall–Kier alpha value is -3.28. The van der Waals surface area contributed by atoms with Crippen molar-refractivity contribution in [2.24, 2.45) is 0 Å². The number of halogens is 2. The Kier molecular flexibility index (Phi) is 7.07. The fourth-order valence-corrected chi connectivity index (χ4v) is 9.13. The van der Waals surface area contributed by atoms with Gasteiger partial charge in [0.2, 0.25) is 0 Å². The lowest BCUT2D eigenvalue weighted by atomic mass is 9.71. The van der Waals surface area contributed by atoms with Gasteiger partial charge in [0.05, 0.1) is 34.0 Å². The lowest BCUT2D eigenvalue weighted by Gasteiger charge is -2.49. The highest BCUT2D eigenvalue weighted by Gasteiger charge is 2.50. The van der Waals surface area contributed by atoms with Crippen LogP contribution in [0.4, 0.5) is 10.2 Å². The average molecular weight is 636 g/mol. The third kappa shape index (κ3) is 4.72. The Bertz CT molecular complexity index is 1670. The number of benzene rings is 1. The van der Waals surface area contributed by atoms with E-state index in [2.05, 4.69) is 51.1 Å². The number of alkyl halides is 1. The summed E-state index contributed by atoms with van der Waals surface area (Å²) in [5.41, 5.74) is 4.89. The van der Waals surface area contributed by atoms with Crippen molar-refractivity contribution in [1.82, 2.24) is 29.5 Å². The largest absolute Gasteiger partial charge is 0.476 e. The third-order valence-corrected chi connectivity index (χ3v) is 11.5. The molecule has 10 nitrogen and oxygen atoms in total. The van der Waals surface area contributed by atoms with Crippen molar-refractivity contribution in [3.63, 3.8) is 0 Å². The van der Waals surface area contributed by atoms with E-state index in [9.17, 15) is 14.3 Å². The van der Waals surface area contributed by atoms with E-state index < -0.39 is 12.1 Å². The molecule has 1 aliphatic carbocycles. The summed E-state index contributed by atoms with van der Waals surface area (Å²) < 4.78 is 22.8. The van der Waals surface area contributed by atoms with E-state index in [1.807, 2.05) is 0 Å². The van der Waals surface area contributed by atoms with Gasteiger partial charge in [-0.2, -0.15) is 15.1 Å². The number of rotatable bonds is 5. The van der Waals surface area contributed by atoms with Crippen LogP contribution in [0, 0.1) is 0 Å². The molecule has 45 heavy (non-hydrogen) atoms. The lowest BCUT2D eigenvalue weighted by molar-refractivity contribution is 0.0689. The molecule has 1 unspecified atom stereocenters. The lowest BCUT2D eigenvalue weighted by Crippen LogP contribution is -2.51. The summed E-state index contributed by atoms with van der Waals surface area (Å²) in [6.07, 6.45) is 6.33. The molecular formula is C33H39ClFN7O3. The van der Waals surface area contributed by atoms with Gasteiger partial charge in [-0.15, -0.1) is 0 Å². The molecule has 2 fully saturated rings. The number of carboxylic acid groups (broad SMARTS) is 1. The Morgan fingerprint density at radius 2 is 2.00 bits per heavy atom. The molecule has 6 heterocycles. The molecule has 0 radical (unpaired) electrons. The van der Waals surface area contributed by atoms with Crippen LogP contribution in [-0.2, 0) is 38.0 Å². The molecule has 0 amide bonds. The predicted molar refractivity (Wildman–Crippen MR) is 167 cm³/mol. The number of carbonyl (C=O) groups is 1. The van der Waals surface area contributed by atoms with Gasteiger partial charge in [0.25, 0.3) is 0 Å². The Morgan fingerprint density at radius 1 is 1.13 bits per heavy atom. The van der Waals surface area contributed by atoms with Gasteiger partial charge in [0, 0.05) is 44.6 Å². The first-order valence-electron chi connectivity index (χ1n) is 16.2. The fourth-order valence-electron chi connectivity index (χ4n) is 8.86. The quantitative estimate of drug-likeness (QED) is 0.431. The van der Waals surface area contributed by atoms with Crippen molar-refractivity contribution in [2.75, 3.05) is 38.2 Å². The highest BCUT2D eigenvalue weighted by atomic mass is 35.5. The van der Waals surface area contributed by atoms with Crippen LogP contribution in [-0.4, -0.2) is 85.6 Å². The summed E-state index contributed by atoms with van der Waals surface area (Å²) in [6.45, 7) is 4.04. The minimum Gasteiger partial charge on any atom is -0.476 e. The highest BCUT2D eigenvalue weighted by molar-refractivity contribution is 6.33. The van der Waals surface area contributed by atoms with Crippen LogP contribution in [0.15, 0.2) is 24.3 Å². The molecule has 1 N–H and O–H groups in total. The van der Waals surface area contributed by atoms with Gasteiger partial charge in [-0.05, 0) is 63.2 Å². The number of aromatic nitrogens is 4. The van der Waals surface area contributed by atoms with Gasteiger partial charge in [-0.25, -0.2) is 9.18 Å². The minimum absolute atomic E-state index is 0.122. The number of likely N-dealkylation sites (N-methyl/N-ethyl adjacent to an activating group) is 1. The number of hydrogen-bond donors (Lipinski definition) is 1. The minimum atomic E-state index is -1.13. The topological polar surface area (TPSA) is 99.9 Å². The maximum absolute atomic E-state index is 14.6. The molecule has 3 atom stereocenters. The molecule has 3 aromatic rings. The van der Waals surface area contributed by atoms with Crippen LogP contribution in [0.2, 0.25) is 5.02 Å². The molecule has 2 aromatic heterocycles. The van der Waals surface area contributed by atoms with E-state index in [1.54, 1.807) is 4.68 Å². The zero-order valence-corrected chi connectivity index (χ0v) is 26.4. The third-order valence-electron chi connectivity index (χ3n) is 11.1. The summed E-state index contributed by atoms with van der Waals surface area (Å²) in [7, 11) is 2.20. The monoisotopic (exact) mass is 635 g/mol. The van der Waals surface area contributed by atoms with Crippen molar-refractivity contribution >= 4 is 23.4 Å². The van der Waals surface area contributed by atoms with Gasteiger partial charge in [-0.3, -0.25) is 14.5 Å². The van der Waals surface area contributed by atoms with Crippen LogP contribution in [0.3, 0.4) is 0 Å². The molecular weight excluding hydrogens is 597 g/mol. The summed E-state index contributed by atoms with van der Waals surface area (Å²) >= 11 is 6.60. The predicted octanol–water partition coefficient (Wildman–Crippen LogP) is 4.61. The van der Waals surface area contributed by atoms with E-state index in [-0.39, 0.29) is 21.8 Å². The standard InChI is InChI=1S/C33H39ClFN7O3/c1-39-18-23-25(16-33(39)11-4-8-21-7-2-3-9-24(21)33)36-31(45-20-32-10-5-13-41(32)17-22(35)15-32)37-29(23)40-12-6-14-42-26(19-40)27(34)28(38-42)30(43)44/h2-3,7,9,22H,4-6,8,10-20H2,1H3,(H,43,44)/t22?,32-,33-/m0/s1. The van der Waals surface area contributed by atoms with Gasteiger partial charge in [-0.1, -0.05) is 35.9 Å². The van der Waals surface area contributed by atoms with Crippen LogP contribution in [0.5, 0.6) is 6.01 Å². The molecule has 238 valence electrons. The molecule has 0 bridgehead atoms. The maximum Gasteiger partial charge on any atom is 0.357 e. The van der Waals surface area contributed by atoms with Gasteiger partial charge >= 0.3 is 12.0 Å². The van der Waals surface area contributed by atoms with E-state index in [0.29, 0.717) is 57.5 Å². The molecule has 1 spiro atoms. The second kappa shape index (κ2) is 10.9.